The summed E-state index contributed by atoms with van der Waals surface area (Å²) in [5, 5.41) is 4.73. The minimum atomic E-state index is 0.354. The van der Waals surface area contributed by atoms with Gasteiger partial charge in [-0.3, -0.25) is 0 Å². The summed E-state index contributed by atoms with van der Waals surface area (Å²) in [5.41, 5.74) is 5.21. The van der Waals surface area contributed by atoms with Crippen molar-refractivity contribution in [2.45, 2.75) is 47.2 Å². The van der Waals surface area contributed by atoms with Crippen LogP contribution in [0.3, 0.4) is 0 Å². The molecule has 0 bridgehead atoms. The van der Waals surface area contributed by atoms with Gasteiger partial charge in [-0.2, -0.15) is 0 Å². The van der Waals surface area contributed by atoms with Gasteiger partial charge in [0.2, 0.25) is 0 Å². The van der Waals surface area contributed by atoms with E-state index in [4.69, 9.17) is 0 Å². The third kappa shape index (κ3) is 3.43. The molecule has 3 heteroatoms. The van der Waals surface area contributed by atoms with Gasteiger partial charge in [-0.15, -0.1) is 11.3 Å². The van der Waals surface area contributed by atoms with Crippen molar-refractivity contribution in [3.63, 3.8) is 0 Å². The van der Waals surface area contributed by atoms with Crippen LogP contribution in [-0.2, 0) is 6.54 Å². The number of hydrogen-bond donors (Lipinski definition) is 1. The monoisotopic (exact) mass is 274 g/mol. The molecule has 1 heterocycles. The first kappa shape index (κ1) is 14.2. The van der Waals surface area contributed by atoms with Gasteiger partial charge in [0.05, 0.1) is 10.7 Å². The van der Waals surface area contributed by atoms with Crippen LogP contribution >= 0.6 is 11.3 Å². The lowest BCUT2D eigenvalue weighted by Gasteiger charge is -2.13. The van der Waals surface area contributed by atoms with Gasteiger partial charge in [0, 0.05) is 17.5 Å². The Bertz CT molecular complexity index is 572. The van der Waals surface area contributed by atoms with Crippen LogP contribution in [0.1, 0.15) is 45.2 Å². The molecule has 0 aliphatic rings. The molecule has 1 atom stereocenters. The Balaban J connectivity index is 2.02. The topological polar surface area (TPSA) is 24.9 Å². The van der Waals surface area contributed by atoms with E-state index in [0.29, 0.717) is 6.04 Å². The van der Waals surface area contributed by atoms with Crippen LogP contribution in [0.2, 0.25) is 0 Å². The second-order valence-corrected chi connectivity index (χ2v) is 6.44. The fourth-order valence-corrected chi connectivity index (χ4v) is 3.18. The fraction of sp³-hybridized carbons (Fsp3) is 0.438. The maximum absolute atomic E-state index is 4.49. The molecular weight excluding hydrogens is 252 g/mol. The third-order valence-electron chi connectivity index (χ3n) is 3.52. The average Bonchev–Trinajstić information content (AvgIpc) is 2.70. The van der Waals surface area contributed by atoms with Gasteiger partial charge in [0.15, 0.2) is 0 Å². The number of thiazole rings is 1. The molecule has 102 valence electrons. The van der Waals surface area contributed by atoms with E-state index in [2.05, 4.69) is 63.1 Å². The molecule has 1 aromatic carbocycles. The SMILES string of the molecule is Cc1nc(C)c(C(C)NCc2ccc(C)c(C)c2)s1. The molecular formula is C16H22N2S. The normalized spacial score (nSPS) is 12.7. The predicted molar refractivity (Wildman–Crippen MR) is 82.8 cm³/mol. The summed E-state index contributed by atoms with van der Waals surface area (Å²) >= 11 is 1.79. The van der Waals surface area contributed by atoms with Crippen LogP contribution < -0.4 is 5.32 Å². The summed E-state index contributed by atoms with van der Waals surface area (Å²) in [5.74, 6) is 0. The van der Waals surface area contributed by atoms with Crippen LogP contribution in [0, 0.1) is 27.7 Å². The Morgan fingerprint density at radius 2 is 1.89 bits per heavy atom. The zero-order valence-electron chi connectivity index (χ0n) is 12.4. The molecule has 0 fully saturated rings. The second kappa shape index (κ2) is 5.85. The van der Waals surface area contributed by atoms with Crippen molar-refractivity contribution in [1.82, 2.24) is 10.3 Å². The first-order chi connectivity index (χ1) is 8.97. The van der Waals surface area contributed by atoms with E-state index in [0.717, 1.165) is 17.2 Å². The lowest BCUT2D eigenvalue weighted by molar-refractivity contribution is 0.579. The molecule has 1 N–H and O–H groups in total. The number of aryl methyl sites for hydroxylation is 4. The number of rotatable bonds is 4. The maximum atomic E-state index is 4.49. The van der Waals surface area contributed by atoms with E-state index >= 15 is 0 Å². The molecule has 1 unspecified atom stereocenters. The van der Waals surface area contributed by atoms with Crippen LogP contribution in [0.5, 0.6) is 0 Å². The second-order valence-electron chi connectivity index (χ2n) is 5.20. The molecule has 1 aromatic heterocycles. The number of nitrogens with one attached hydrogen (secondary N) is 1. The average molecular weight is 274 g/mol. The Hall–Kier alpha value is -1.19. The molecule has 0 radical (unpaired) electrons. The first-order valence-corrected chi connectivity index (χ1v) is 7.52. The van der Waals surface area contributed by atoms with E-state index < -0.39 is 0 Å². The van der Waals surface area contributed by atoms with Gasteiger partial charge >= 0.3 is 0 Å². The summed E-state index contributed by atoms with van der Waals surface area (Å²) < 4.78 is 0. The standard InChI is InChI=1S/C16H22N2S/c1-10-6-7-15(8-11(10)2)9-17-12(3)16-13(4)18-14(5)19-16/h6-8,12,17H,9H2,1-5H3. The highest BCUT2D eigenvalue weighted by molar-refractivity contribution is 7.11. The number of aromatic nitrogens is 1. The summed E-state index contributed by atoms with van der Waals surface area (Å²) in [6.45, 7) is 11.6. The molecule has 0 amide bonds. The summed E-state index contributed by atoms with van der Waals surface area (Å²) in [6.07, 6.45) is 0. The van der Waals surface area contributed by atoms with E-state index in [-0.39, 0.29) is 0 Å². The molecule has 2 rings (SSSR count). The lowest BCUT2D eigenvalue weighted by Crippen LogP contribution is -2.18. The highest BCUT2D eigenvalue weighted by Crippen LogP contribution is 2.24. The minimum Gasteiger partial charge on any atom is -0.305 e. The Morgan fingerprint density at radius 1 is 1.16 bits per heavy atom. The molecule has 0 saturated carbocycles. The van der Waals surface area contributed by atoms with Gasteiger partial charge in [0.1, 0.15) is 0 Å². The van der Waals surface area contributed by atoms with Crippen molar-refractivity contribution in [3.05, 3.63) is 50.5 Å². The number of hydrogen-bond acceptors (Lipinski definition) is 3. The molecule has 0 aliphatic carbocycles. The Morgan fingerprint density at radius 3 is 2.47 bits per heavy atom. The van der Waals surface area contributed by atoms with Crippen molar-refractivity contribution in [3.8, 4) is 0 Å². The molecule has 0 aliphatic heterocycles. The van der Waals surface area contributed by atoms with Crippen LogP contribution in [0.15, 0.2) is 18.2 Å². The Labute approximate surface area is 119 Å². The molecule has 19 heavy (non-hydrogen) atoms. The van der Waals surface area contributed by atoms with Crippen molar-refractivity contribution in [2.24, 2.45) is 0 Å². The van der Waals surface area contributed by atoms with Gasteiger partial charge in [-0.25, -0.2) is 4.98 Å². The number of benzene rings is 1. The van der Waals surface area contributed by atoms with Crippen molar-refractivity contribution in [1.29, 1.82) is 0 Å². The van der Waals surface area contributed by atoms with E-state index in [1.807, 2.05) is 0 Å². The summed E-state index contributed by atoms with van der Waals surface area (Å²) in [6, 6.07) is 7.01. The minimum absolute atomic E-state index is 0.354. The summed E-state index contributed by atoms with van der Waals surface area (Å²) in [7, 11) is 0. The highest BCUT2D eigenvalue weighted by atomic mass is 32.1. The van der Waals surface area contributed by atoms with E-state index in [1.165, 1.54) is 21.6 Å². The van der Waals surface area contributed by atoms with Crippen molar-refractivity contribution >= 4 is 11.3 Å². The van der Waals surface area contributed by atoms with Gasteiger partial charge < -0.3 is 5.32 Å². The molecule has 2 aromatic rings. The predicted octanol–water partition coefficient (Wildman–Crippen LogP) is 4.23. The molecule has 2 nitrogen and oxygen atoms in total. The maximum Gasteiger partial charge on any atom is 0.0900 e. The highest BCUT2D eigenvalue weighted by Gasteiger charge is 2.12. The number of nitrogens with zero attached hydrogens (tertiary/aromatic N) is 1. The third-order valence-corrected chi connectivity index (χ3v) is 4.77. The molecule has 0 saturated heterocycles. The smallest absolute Gasteiger partial charge is 0.0900 e. The van der Waals surface area contributed by atoms with E-state index in [1.54, 1.807) is 11.3 Å². The lowest BCUT2D eigenvalue weighted by atomic mass is 10.1. The fourth-order valence-electron chi connectivity index (χ4n) is 2.23. The van der Waals surface area contributed by atoms with Gasteiger partial charge in [0.25, 0.3) is 0 Å². The first-order valence-electron chi connectivity index (χ1n) is 6.71. The van der Waals surface area contributed by atoms with Gasteiger partial charge in [-0.05, 0) is 51.3 Å². The van der Waals surface area contributed by atoms with Crippen molar-refractivity contribution in [2.75, 3.05) is 0 Å². The quantitative estimate of drug-likeness (QED) is 0.902. The Kier molecular flexibility index (Phi) is 4.38. The van der Waals surface area contributed by atoms with Crippen molar-refractivity contribution < 1.29 is 0 Å². The van der Waals surface area contributed by atoms with Crippen LogP contribution in [-0.4, -0.2) is 4.98 Å². The zero-order valence-corrected chi connectivity index (χ0v) is 13.2. The summed E-state index contributed by atoms with van der Waals surface area (Å²) in [4.78, 5) is 5.84. The molecule has 0 spiro atoms. The van der Waals surface area contributed by atoms with Crippen LogP contribution in [0.25, 0.3) is 0 Å². The van der Waals surface area contributed by atoms with Crippen LogP contribution in [0.4, 0.5) is 0 Å². The van der Waals surface area contributed by atoms with E-state index in [9.17, 15) is 0 Å². The zero-order chi connectivity index (χ0) is 14.0. The largest absolute Gasteiger partial charge is 0.305 e. The van der Waals surface area contributed by atoms with Gasteiger partial charge in [-0.1, -0.05) is 18.2 Å².